The molecular formula is C48H39BN2OS. The minimum absolute atomic E-state index is 0.0626. The number of rotatable bonds is 1. The third-order valence-electron chi connectivity index (χ3n) is 13.2. The first kappa shape index (κ1) is 30.2. The van der Waals surface area contributed by atoms with Gasteiger partial charge in [0, 0.05) is 59.1 Å². The number of thiophene rings is 1. The molecule has 0 saturated heterocycles. The Morgan fingerprint density at radius 2 is 1.38 bits per heavy atom. The number of anilines is 3. The summed E-state index contributed by atoms with van der Waals surface area (Å²) >= 11 is 1.94. The molecule has 0 amide bonds. The summed E-state index contributed by atoms with van der Waals surface area (Å²) in [5, 5.41) is 6.31. The maximum Gasteiger partial charge on any atom is 0.337 e. The van der Waals surface area contributed by atoms with Crippen LogP contribution >= 0.6 is 11.3 Å². The van der Waals surface area contributed by atoms with E-state index in [0.717, 1.165) is 11.3 Å². The molecule has 53 heavy (non-hydrogen) atoms. The summed E-state index contributed by atoms with van der Waals surface area (Å²) in [5.74, 6) is 0. The first-order chi connectivity index (χ1) is 25.6. The summed E-state index contributed by atoms with van der Waals surface area (Å²) in [6, 6.07) is 39.2. The maximum absolute atomic E-state index is 6.96. The van der Waals surface area contributed by atoms with Crippen molar-refractivity contribution in [1.29, 1.82) is 0 Å². The fourth-order valence-corrected chi connectivity index (χ4v) is 11.8. The van der Waals surface area contributed by atoms with E-state index in [1.165, 1.54) is 116 Å². The van der Waals surface area contributed by atoms with Crippen LogP contribution in [0.25, 0.3) is 64.3 Å². The Labute approximate surface area is 313 Å². The van der Waals surface area contributed by atoms with Crippen LogP contribution in [0.2, 0.25) is 0 Å². The Bertz CT molecular complexity index is 3120. The van der Waals surface area contributed by atoms with Crippen molar-refractivity contribution in [2.45, 2.75) is 65.2 Å². The van der Waals surface area contributed by atoms with E-state index < -0.39 is 0 Å². The van der Waals surface area contributed by atoms with Crippen LogP contribution in [-0.2, 0) is 10.8 Å². The Hall–Kier alpha value is -5.26. The summed E-state index contributed by atoms with van der Waals surface area (Å²) < 4.78 is 12.2. The van der Waals surface area contributed by atoms with Gasteiger partial charge in [0.15, 0.2) is 5.71 Å². The van der Waals surface area contributed by atoms with Crippen molar-refractivity contribution in [1.82, 2.24) is 4.48 Å². The highest BCUT2D eigenvalue weighted by molar-refractivity contribution is 7.27. The molecule has 0 atom stereocenters. The van der Waals surface area contributed by atoms with E-state index in [2.05, 4.69) is 154 Å². The molecular weight excluding hydrogens is 663 g/mol. The van der Waals surface area contributed by atoms with Gasteiger partial charge in [-0.15, -0.1) is 11.3 Å². The lowest BCUT2D eigenvalue weighted by atomic mass is 9.45. The molecule has 3 aliphatic rings. The molecule has 1 aliphatic carbocycles. The molecule has 0 fully saturated rings. The summed E-state index contributed by atoms with van der Waals surface area (Å²) in [7, 11) is 0. The van der Waals surface area contributed by atoms with Crippen LogP contribution in [0.15, 0.2) is 108 Å². The van der Waals surface area contributed by atoms with Gasteiger partial charge in [0.25, 0.3) is 0 Å². The molecule has 3 nitrogen and oxygen atoms in total. The van der Waals surface area contributed by atoms with Crippen molar-refractivity contribution in [3.05, 3.63) is 125 Å². The van der Waals surface area contributed by atoms with E-state index in [0.29, 0.717) is 0 Å². The topological polar surface area (TPSA) is 21.3 Å². The van der Waals surface area contributed by atoms with Gasteiger partial charge in [-0.25, -0.2) is 0 Å². The zero-order valence-corrected chi connectivity index (χ0v) is 31.8. The van der Waals surface area contributed by atoms with Crippen LogP contribution in [0, 0.1) is 13.8 Å². The molecule has 0 bridgehead atoms. The molecule has 256 valence electrons. The third kappa shape index (κ3) is 3.71. The molecule has 2 aliphatic heterocycles. The second-order valence-electron chi connectivity index (χ2n) is 17.3. The van der Waals surface area contributed by atoms with Crippen molar-refractivity contribution in [2.24, 2.45) is 0 Å². The van der Waals surface area contributed by atoms with Gasteiger partial charge in [0.2, 0.25) is 0 Å². The summed E-state index contributed by atoms with van der Waals surface area (Å²) in [6.07, 6.45) is 2.39. The highest BCUT2D eigenvalue weighted by Gasteiger charge is 2.46. The van der Waals surface area contributed by atoms with Crippen LogP contribution in [0.5, 0.6) is 0 Å². The van der Waals surface area contributed by atoms with Crippen molar-refractivity contribution in [3.63, 3.8) is 0 Å². The van der Waals surface area contributed by atoms with Gasteiger partial charge in [-0.05, 0) is 107 Å². The van der Waals surface area contributed by atoms with Gasteiger partial charge in [-0.1, -0.05) is 100 Å². The molecule has 9 aromatic rings. The molecule has 6 aromatic carbocycles. The van der Waals surface area contributed by atoms with Crippen molar-refractivity contribution in [2.75, 3.05) is 4.90 Å². The Morgan fingerprint density at radius 3 is 2.21 bits per heavy atom. The molecule has 5 heteroatoms. The fourth-order valence-electron chi connectivity index (χ4n) is 10.5. The highest BCUT2D eigenvalue weighted by Crippen LogP contribution is 2.52. The molecule has 12 rings (SSSR count). The van der Waals surface area contributed by atoms with E-state index >= 15 is 0 Å². The van der Waals surface area contributed by atoms with Crippen molar-refractivity contribution >= 4 is 99.3 Å². The van der Waals surface area contributed by atoms with Gasteiger partial charge in [0.05, 0.1) is 5.39 Å². The predicted octanol–water partition coefficient (Wildman–Crippen LogP) is 12.3. The smallest absolute Gasteiger partial charge is 0.337 e. The lowest BCUT2D eigenvalue weighted by molar-refractivity contribution is 0.332. The molecule has 3 aromatic heterocycles. The Kier molecular flexibility index (Phi) is 5.61. The Balaban J connectivity index is 1.27. The molecule has 0 unspecified atom stereocenters. The minimum Gasteiger partial charge on any atom is -0.441 e. The van der Waals surface area contributed by atoms with Crippen LogP contribution in [0.4, 0.5) is 17.1 Å². The van der Waals surface area contributed by atoms with Crippen LogP contribution in [0.3, 0.4) is 0 Å². The van der Waals surface area contributed by atoms with E-state index in [1.807, 2.05) is 11.3 Å². The average molecular weight is 703 g/mol. The number of nitrogens with zero attached hydrogens (tertiary/aromatic N) is 2. The fraction of sp³-hybridized carbons (Fsp3) is 0.208. The quantitative estimate of drug-likeness (QED) is 0.159. The minimum atomic E-state index is -0.0626. The first-order valence-corrected chi connectivity index (χ1v) is 19.9. The van der Waals surface area contributed by atoms with Crippen LogP contribution in [0.1, 0.15) is 62.8 Å². The summed E-state index contributed by atoms with van der Waals surface area (Å²) in [5.41, 5.74) is 18.2. The lowest BCUT2D eigenvalue weighted by Gasteiger charge is -2.44. The molecule has 0 saturated carbocycles. The number of aromatic nitrogens is 1. The zero-order chi connectivity index (χ0) is 35.7. The number of hydrogen-bond acceptors (Lipinski definition) is 3. The van der Waals surface area contributed by atoms with Gasteiger partial charge in [-0.3, -0.25) is 0 Å². The van der Waals surface area contributed by atoms with Gasteiger partial charge in [-0.2, -0.15) is 0 Å². The molecule has 5 heterocycles. The highest BCUT2D eigenvalue weighted by atomic mass is 32.1. The van der Waals surface area contributed by atoms with Gasteiger partial charge in [0.1, 0.15) is 5.58 Å². The predicted molar refractivity (Wildman–Crippen MR) is 227 cm³/mol. The molecule has 0 N–H and O–H groups in total. The van der Waals surface area contributed by atoms with E-state index in [1.54, 1.807) is 0 Å². The SMILES string of the molecule is Cc1cc2c3c(c1)N(c1cc4c(cc1C)C(C)(C)CCC4(C)C)c1ccc4c(sc5ccccc54)c1B3n1c3oc4ccccc4c3c3cccc-2c31. The van der Waals surface area contributed by atoms with Crippen LogP contribution in [-0.4, -0.2) is 11.3 Å². The summed E-state index contributed by atoms with van der Waals surface area (Å²) in [4.78, 5) is 2.64. The number of para-hydroxylation sites is 2. The molecule has 0 radical (unpaired) electrons. The monoisotopic (exact) mass is 702 g/mol. The zero-order valence-electron chi connectivity index (χ0n) is 31.0. The number of hydrogen-bond donors (Lipinski definition) is 0. The van der Waals surface area contributed by atoms with Crippen molar-refractivity contribution in [3.8, 4) is 11.1 Å². The lowest BCUT2D eigenvalue weighted by Crippen LogP contribution is -2.57. The number of furan rings is 1. The Morgan fingerprint density at radius 1 is 0.642 bits per heavy atom. The average Bonchev–Trinajstić information content (AvgIpc) is 3.81. The third-order valence-corrected chi connectivity index (χ3v) is 14.4. The number of fused-ring (bicyclic) bond motifs is 14. The standard InChI is InChI=1S/C48H39BN2OS/c1-26-22-33-29-14-11-15-32-41-31-13-7-9-16-39(31)52-46(41)51(44(29)32)49-42(33)38(23-26)50(36-19-18-30-28-12-8-10-17-40(28)53-45(30)43(36)49)37-25-35-34(24-27(37)2)47(3,4)20-21-48(35,5)6/h7-19,22-25H,20-21H2,1-6H3. The van der Waals surface area contributed by atoms with Gasteiger partial charge >= 0.3 is 6.85 Å². The van der Waals surface area contributed by atoms with Crippen molar-refractivity contribution < 1.29 is 4.42 Å². The molecule has 0 spiro atoms. The van der Waals surface area contributed by atoms with Gasteiger partial charge < -0.3 is 13.8 Å². The largest absolute Gasteiger partial charge is 0.441 e. The normalized spacial score (nSPS) is 16.6. The number of aryl methyl sites for hydroxylation is 2. The van der Waals surface area contributed by atoms with Crippen LogP contribution < -0.4 is 15.8 Å². The number of benzene rings is 6. The second kappa shape index (κ2) is 9.83. The first-order valence-electron chi connectivity index (χ1n) is 19.1. The van der Waals surface area contributed by atoms with E-state index in [4.69, 9.17) is 4.42 Å². The van der Waals surface area contributed by atoms with E-state index in [-0.39, 0.29) is 17.7 Å². The summed E-state index contributed by atoms with van der Waals surface area (Å²) in [6.45, 7) is 14.3. The maximum atomic E-state index is 6.96. The van der Waals surface area contributed by atoms with E-state index in [9.17, 15) is 0 Å². The second-order valence-corrected chi connectivity index (χ2v) is 18.3.